The molecule has 0 aliphatic carbocycles. The van der Waals surface area contributed by atoms with Gasteiger partial charge < -0.3 is 0 Å². The van der Waals surface area contributed by atoms with Gasteiger partial charge in [0.15, 0.2) is 8.11 Å². The Hall–Kier alpha value is -0.763. The standard InChI is InChI=1S/C16H17Cl2Si/c17-12-15-8-6-14(7-9-15)10-11-19(18)13-16-4-2-1-3-5-16/h1-9H,10-13H2. The Balaban J connectivity index is 1.81. The molecule has 0 N–H and O–H groups in total. The van der Waals surface area contributed by atoms with Crippen LogP contribution in [0.3, 0.4) is 0 Å². The van der Waals surface area contributed by atoms with Gasteiger partial charge in [-0.25, -0.2) is 0 Å². The Bertz CT molecular complexity index is 482. The van der Waals surface area contributed by atoms with Crippen molar-refractivity contribution < 1.29 is 0 Å². The number of hydrogen-bond acceptors (Lipinski definition) is 0. The summed E-state index contributed by atoms with van der Waals surface area (Å²) in [6.07, 6.45) is 1.06. The van der Waals surface area contributed by atoms with E-state index in [0.717, 1.165) is 18.5 Å². The molecule has 0 aromatic heterocycles. The van der Waals surface area contributed by atoms with Gasteiger partial charge in [0.05, 0.1) is 0 Å². The van der Waals surface area contributed by atoms with E-state index < -0.39 is 8.11 Å². The quantitative estimate of drug-likeness (QED) is 0.401. The molecule has 0 heterocycles. The molecule has 1 radical (unpaired) electrons. The summed E-state index contributed by atoms with van der Waals surface area (Å²) < 4.78 is 0. The van der Waals surface area contributed by atoms with E-state index in [-0.39, 0.29) is 0 Å². The third-order valence-electron chi connectivity index (χ3n) is 3.10. The Kier molecular flexibility index (Phi) is 5.96. The van der Waals surface area contributed by atoms with Crippen LogP contribution in [0.5, 0.6) is 0 Å². The maximum atomic E-state index is 6.50. The van der Waals surface area contributed by atoms with E-state index >= 15 is 0 Å². The van der Waals surface area contributed by atoms with E-state index in [1.54, 1.807) is 0 Å². The summed E-state index contributed by atoms with van der Waals surface area (Å²) in [6.45, 7) is 0. The van der Waals surface area contributed by atoms with Crippen LogP contribution in [0.1, 0.15) is 16.7 Å². The van der Waals surface area contributed by atoms with Gasteiger partial charge >= 0.3 is 0 Å². The number of aryl methyl sites for hydroxylation is 1. The zero-order valence-electron chi connectivity index (χ0n) is 10.8. The van der Waals surface area contributed by atoms with E-state index in [2.05, 4.69) is 48.5 Å². The highest BCUT2D eigenvalue weighted by Crippen LogP contribution is 2.14. The first kappa shape index (κ1) is 14.6. The fourth-order valence-corrected chi connectivity index (χ4v) is 4.32. The van der Waals surface area contributed by atoms with Crippen molar-refractivity contribution in [2.24, 2.45) is 0 Å². The fraction of sp³-hybridized carbons (Fsp3) is 0.250. The maximum Gasteiger partial charge on any atom is 0.170 e. The van der Waals surface area contributed by atoms with Gasteiger partial charge in [-0.3, -0.25) is 0 Å². The summed E-state index contributed by atoms with van der Waals surface area (Å²) in [5.41, 5.74) is 3.88. The van der Waals surface area contributed by atoms with Crippen LogP contribution in [0.15, 0.2) is 54.6 Å². The van der Waals surface area contributed by atoms with Crippen LogP contribution in [0.25, 0.3) is 0 Å². The van der Waals surface area contributed by atoms with Crippen molar-refractivity contribution in [3.05, 3.63) is 71.3 Å². The minimum absolute atomic E-state index is 0.582. The minimum Gasteiger partial charge on any atom is -0.169 e. The monoisotopic (exact) mass is 307 g/mol. The predicted molar refractivity (Wildman–Crippen MR) is 86.3 cm³/mol. The summed E-state index contributed by atoms with van der Waals surface area (Å²) in [6, 6.07) is 21.2. The fourth-order valence-electron chi connectivity index (χ4n) is 1.98. The lowest BCUT2D eigenvalue weighted by molar-refractivity contribution is 1.10. The average molecular weight is 308 g/mol. The molecule has 0 atom stereocenters. The number of hydrogen-bond donors (Lipinski definition) is 0. The summed E-state index contributed by atoms with van der Waals surface area (Å²) in [5, 5.41) is 0. The van der Waals surface area contributed by atoms with Crippen molar-refractivity contribution in [1.29, 1.82) is 0 Å². The predicted octanol–water partition coefficient (Wildman–Crippen LogP) is 4.98. The van der Waals surface area contributed by atoms with Gasteiger partial charge in [-0.2, -0.15) is 11.1 Å². The van der Waals surface area contributed by atoms with Gasteiger partial charge in [-0.05, 0) is 35.2 Å². The second-order valence-corrected chi connectivity index (χ2v) is 8.39. The zero-order chi connectivity index (χ0) is 13.5. The molecule has 0 bridgehead atoms. The third kappa shape index (κ3) is 5.02. The highest BCUT2D eigenvalue weighted by molar-refractivity contribution is 7.06. The van der Waals surface area contributed by atoms with Gasteiger partial charge in [0, 0.05) is 5.88 Å². The third-order valence-corrected chi connectivity index (χ3v) is 5.96. The molecule has 2 aromatic carbocycles. The van der Waals surface area contributed by atoms with Crippen molar-refractivity contribution in [2.75, 3.05) is 0 Å². The number of benzene rings is 2. The van der Waals surface area contributed by atoms with E-state index in [0.29, 0.717) is 5.88 Å². The second kappa shape index (κ2) is 7.74. The number of rotatable bonds is 6. The van der Waals surface area contributed by atoms with Gasteiger partial charge in [-0.15, -0.1) is 11.6 Å². The Labute approximate surface area is 126 Å². The van der Waals surface area contributed by atoms with Crippen molar-refractivity contribution in [3.63, 3.8) is 0 Å². The molecule has 2 rings (SSSR count). The van der Waals surface area contributed by atoms with E-state index in [4.69, 9.17) is 22.7 Å². The van der Waals surface area contributed by atoms with E-state index in [1.807, 2.05) is 6.07 Å². The molecule has 99 valence electrons. The van der Waals surface area contributed by atoms with E-state index in [1.165, 1.54) is 16.7 Å². The highest BCUT2D eigenvalue weighted by Gasteiger charge is 2.09. The summed E-state index contributed by atoms with van der Waals surface area (Å²) in [5.74, 6) is 0.582. The SMILES string of the molecule is ClCc1ccc(CC[Si](Cl)Cc2ccccc2)cc1. The van der Waals surface area contributed by atoms with Gasteiger partial charge in [0.25, 0.3) is 0 Å². The van der Waals surface area contributed by atoms with Gasteiger partial charge in [-0.1, -0.05) is 54.6 Å². The zero-order valence-corrected chi connectivity index (χ0v) is 13.3. The molecule has 0 saturated heterocycles. The first-order valence-corrected chi connectivity index (χ1v) is 9.92. The first-order valence-electron chi connectivity index (χ1n) is 6.46. The molecule has 0 spiro atoms. The molecule has 0 fully saturated rings. The minimum atomic E-state index is -0.809. The number of halogens is 2. The van der Waals surface area contributed by atoms with Crippen molar-refractivity contribution in [2.45, 2.75) is 24.4 Å². The Morgan fingerprint density at radius 3 is 2.05 bits per heavy atom. The molecule has 0 nitrogen and oxygen atoms in total. The molecule has 0 aliphatic rings. The molecule has 0 amide bonds. The summed E-state index contributed by atoms with van der Waals surface area (Å²) >= 11 is 12.3. The molecule has 0 saturated carbocycles. The topological polar surface area (TPSA) is 0 Å². The summed E-state index contributed by atoms with van der Waals surface area (Å²) in [7, 11) is -0.809. The van der Waals surface area contributed by atoms with Crippen LogP contribution in [-0.2, 0) is 18.3 Å². The van der Waals surface area contributed by atoms with Crippen LogP contribution in [0.2, 0.25) is 6.04 Å². The highest BCUT2D eigenvalue weighted by atomic mass is 35.6. The van der Waals surface area contributed by atoms with Crippen molar-refractivity contribution in [3.8, 4) is 0 Å². The van der Waals surface area contributed by atoms with Crippen LogP contribution >= 0.6 is 22.7 Å². The lowest BCUT2D eigenvalue weighted by atomic mass is 10.1. The molecule has 0 unspecified atom stereocenters. The van der Waals surface area contributed by atoms with Gasteiger partial charge in [0.2, 0.25) is 0 Å². The first-order chi connectivity index (χ1) is 9.28. The molecule has 19 heavy (non-hydrogen) atoms. The largest absolute Gasteiger partial charge is 0.170 e. The molecule has 0 aliphatic heterocycles. The molecular formula is C16H17Cl2Si. The van der Waals surface area contributed by atoms with Gasteiger partial charge in [0.1, 0.15) is 0 Å². The van der Waals surface area contributed by atoms with E-state index in [9.17, 15) is 0 Å². The van der Waals surface area contributed by atoms with Crippen LogP contribution in [-0.4, -0.2) is 8.11 Å². The van der Waals surface area contributed by atoms with Crippen LogP contribution in [0, 0.1) is 0 Å². The average Bonchev–Trinajstić information content (AvgIpc) is 2.47. The Morgan fingerprint density at radius 2 is 1.42 bits per heavy atom. The number of alkyl halides is 1. The molecule has 3 heteroatoms. The lowest BCUT2D eigenvalue weighted by Gasteiger charge is -2.07. The normalized spacial score (nSPS) is 10.9. The Morgan fingerprint density at radius 1 is 0.789 bits per heavy atom. The molecule has 2 aromatic rings. The van der Waals surface area contributed by atoms with Crippen LogP contribution in [0.4, 0.5) is 0 Å². The van der Waals surface area contributed by atoms with Crippen molar-refractivity contribution >= 4 is 30.8 Å². The second-order valence-electron chi connectivity index (χ2n) is 4.63. The van der Waals surface area contributed by atoms with Crippen LogP contribution < -0.4 is 0 Å². The van der Waals surface area contributed by atoms with Crippen molar-refractivity contribution in [1.82, 2.24) is 0 Å². The lowest BCUT2D eigenvalue weighted by Crippen LogP contribution is -2.09. The smallest absolute Gasteiger partial charge is 0.169 e. The molecular weight excluding hydrogens is 291 g/mol. The maximum absolute atomic E-state index is 6.50. The summed E-state index contributed by atoms with van der Waals surface area (Å²) in [4.78, 5) is 0.